The summed E-state index contributed by atoms with van der Waals surface area (Å²) in [6, 6.07) is 13.9. The van der Waals surface area contributed by atoms with Gasteiger partial charge in [-0.1, -0.05) is 12.1 Å². The number of nitrogens with one attached hydrogen (secondary N) is 1. The molecule has 2 rings (SSSR count). The molecule has 0 saturated heterocycles. The number of nitro groups is 1. The molecule has 2 N–H and O–H groups in total. The second-order valence-corrected chi connectivity index (χ2v) is 6.03. The van der Waals surface area contributed by atoms with E-state index in [2.05, 4.69) is 5.32 Å². The molecule has 0 bridgehead atoms. The molecule has 0 aromatic heterocycles. The van der Waals surface area contributed by atoms with Crippen LogP contribution in [-0.4, -0.2) is 48.3 Å². The van der Waals surface area contributed by atoms with Crippen LogP contribution in [0.15, 0.2) is 48.5 Å². The second kappa shape index (κ2) is 9.00. The third kappa shape index (κ3) is 6.40. The molecule has 0 fully saturated rings. The number of aliphatic hydroxyl groups excluding tert-OH is 1. The van der Waals surface area contributed by atoms with Crippen LogP contribution in [0.3, 0.4) is 0 Å². The predicted molar refractivity (Wildman–Crippen MR) is 96.9 cm³/mol. The first kappa shape index (κ1) is 18.7. The fraction of sp³-hybridized carbons (Fsp3) is 0.333. The number of nitrogens with zero attached hydrogens (tertiary/aromatic N) is 2. The van der Waals surface area contributed by atoms with Gasteiger partial charge >= 0.3 is 0 Å². The minimum atomic E-state index is -0.532. The number of hydrogen-bond donors (Lipinski definition) is 2. The van der Waals surface area contributed by atoms with Crippen molar-refractivity contribution in [3.63, 3.8) is 0 Å². The Morgan fingerprint density at radius 3 is 2.36 bits per heavy atom. The Balaban J connectivity index is 1.80. The Labute approximate surface area is 147 Å². The Kier molecular flexibility index (Phi) is 6.73. The molecule has 0 radical (unpaired) electrons. The van der Waals surface area contributed by atoms with Crippen LogP contribution in [0.25, 0.3) is 0 Å². The summed E-state index contributed by atoms with van der Waals surface area (Å²) in [7, 11) is 3.79. The number of aliphatic hydroxyl groups is 1. The van der Waals surface area contributed by atoms with Crippen LogP contribution in [0.2, 0.25) is 0 Å². The van der Waals surface area contributed by atoms with Gasteiger partial charge in [-0.25, -0.2) is 0 Å². The Hall–Kier alpha value is -2.64. The van der Waals surface area contributed by atoms with E-state index in [1.54, 1.807) is 12.1 Å². The highest BCUT2D eigenvalue weighted by molar-refractivity contribution is 5.47. The Morgan fingerprint density at radius 1 is 1.16 bits per heavy atom. The van der Waals surface area contributed by atoms with Crippen molar-refractivity contribution in [1.29, 1.82) is 0 Å². The Bertz CT molecular complexity index is 672. The molecule has 134 valence electrons. The molecule has 0 aliphatic carbocycles. The second-order valence-electron chi connectivity index (χ2n) is 6.03. The monoisotopic (exact) mass is 345 g/mol. The van der Waals surface area contributed by atoms with Gasteiger partial charge in [0.15, 0.2) is 0 Å². The van der Waals surface area contributed by atoms with Gasteiger partial charge in [-0.05, 0) is 43.9 Å². The summed E-state index contributed by atoms with van der Waals surface area (Å²) in [6.45, 7) is 1.36. The van der Waals surface area contributed by atoms with Crippen LogP contribution in [-0.2, 0) is 6.54 Å². The van der Waals surface area contributed by atoms with Crippen LogP contribution in [0.4, 0.5) is 11.4 Å². The van der Waals surface area contributed by atoms with Gasteiger partial charge in [0.05, 0.1) is 4.92 Å². The summed E-state index contributed by atoms with van der Waals surface area (Å²) >= 11 is 0. The average molecular weight is 345 g/mol. The van der Waals surface area contributed by atoms with Gasteiger partial charge in [0.25, 0.3) is 5.69 Å². The van der Waals surface area contributed by atoms with Gasteiger partial charge in [-0.15, -0.1) is 0 Å². The van der Waals surface area contributed by atoms with Crippen molar-refractivity contribution in [2.45, 2.75) is 12.6 Å². The number of ether oxygens (including phenoxy) is 1. The van der Waals surface area contributed by atoms with Crippen LogP contribution in [0.5, 0.6) is 5.75 Å². The molecule has 0 heterocycles. The molecule has 0 spiro atoms. The minimum Gasteiger partial charge on any atom is -0.491 e. The zero-order valence-electron chi connectivity index (χ0n) is 14.4. The van der Waals surface area contributed by atoms with Gasteiger partial charge in [0, 0.05) is 30.9 Å². The predicted octanol–water partition coefficient (Wildman–Crippen LogP) is 2.51. The molecule has 7 heteroatoms. The average Bonchev–Trinajstić information content (AvgIpc) is 2.59. The first-order chi connectivity index (χ1) is 11.9. The molecule has 7 nitrogen and oxygen atoms in total. The van der Waals surface area contributed by atoms with Crippen LogP contribution < -0.4 is 10.1 Å². The highest BCUT2D eigenvalue weighted by Crippen LogP contribution is 2.18. The maximum Gasteiger partial charge on any atom is 0.269 e. The summed E-state index contributed by atoms with van der Waals surface area (Å²) in [5, 5.41) is 23.7. The highest BCUT2D eigenvalue weighted by Gasteiger charge is 2.07. The molecule has 25 heavy (non-hydrogen) atoms. The number of non-ortho nitro benzene ring substituents is 1. The maximum atomic E-state index is 10.6. The molecular weight excluding hydrogens is 322 g/mol. The van der Waals surface area contributed by atoms with E-state index in [4.69, 9.17) is 4.74 Å². The van der Waals surface area contributed by atoms with E-state index in [1.165, 1.54) is 12.1 Å². The van der Waals surface area contributed by atoms with E-state index in [-0.39, 0.29) is 12.3 Å². The lowest BCUT2D eigenvalue weighted by Crippen LogP contribution is -2.30. The lowest BCUT2D eigenvalue weighted by molar-refractivity contribution is -0.384. The number of rotatable bonds is 9. The number of nitro benzene ring substituents is 1. The quantitative estimate of drug-likeness (QED) is 0.536. The van der Waals surface area contributed by atoms with E-state index in [1.807, 2.05) is 43.3 Å². The van der Waals surface area contributed by atoms with E-state index in [0.29, 0.717) is 18.8 Å². The van der Waals surface area contributed by atoms with Crippen molar-refractivity contribution in [3.05, 3.63) is 64.2 Å². The summed E-state index contributed by atoms with van der Waals surface area (Å²) in [6.07, 6.45) is -0.532. The normalized spacial score (nSPS) is 12.0. The summed E-state index contributed by atoms with van der Waals surface area (Å²) in [5.74, 6) is 0.693. The number of benzene rings is 2. The van der Waals surface area contributed by atoms with Gasteiger partial charge in [0.1, 0.15) is 18.5 Å². The van der Waals surface area contributed by atoms with Crippen molar-refractivity contribution in [1.82, 2.24) is 4.90 Å². The topological polar surface area (TPSA) is 87.9 Å². The largest absolute Gasteiger partial charge is 0.491 e. The maximum absolute atomic E-state index is 10.6. The first-order valence-corrected chi connectivity index (χ1v) is 7.97. The third-order valence-electron chi connectivity index (χ3n) is 3.52. The standard InChI is InChI=1S/C18H23N3O4/c1-20(2)12-17(22)13-25-18-9-5-15(6-10-18)19-11-14-3-7-16(8-4-14)21(23)24/h3-10,17,19,22H,11-13H2,1-2H3. The Morgan fingerprint density at radius 2 is 1.80 bits per heavy atom. The van der Waals surface area contributed by atoms with Crippen LogP contribution >= 0.6 is 0 Å². The molecule has 0 saturated carbocycles. The van der Waals surface area contributed by atoms with E-state index in [9.17, 15) is 15.2 Å². The SMILES string of the molecule is CN(C)CC(O)COc1ccc(NCc2ccc([N+](=O)[O-])cc2)cc1. The third-order valence-corrected chi connectivity index (χ3v) is 3.52. The molecule has 2 aromatic rings. The number of hydrogen-bond acceptors (Lipinski definition) is 6. The number of anilines is 1. The van der Waals surface area contributed by atoms with E-state index < -0.39 is 11.0 Å². The summed E-state index contributed by atoms with van der Waals surface area (Å²) in [4.78, 5) is 12.1. The van der Waals surface area contributed by atoms with Crippen molar-refractivity contribution in [2.24, 2.45) is 0 Å². The molecule has 0 amide bonds. The molecule has 1 unspecified atom stereocenters. The highest BCUT2D eigenvalue weighted by atomic mass is 16.6. The van der Waals surface area contributed by atoms with E-state index >= 15 is 0 Å². The molecular formula is C18H23N3O4. The zero-order valence-corrected chi connectivity index (χ0v) is 14.4. The van der Waals surface area contributed by atoms with Crippen molar-refractivity contribution < 1.29 is 14.8 Å². The minimum absolute atomic E-state index is 0.0849. The molecule has 0 aliphatic heterocycles. The summed E-state index contributed by atoms with van der Waals surface area (Å²) in [5.41, 5.74) is 1.96. The lowest BCUT2D eigenvalue weighted by atomic mass is 10.2. The fourth-order valence-electron chi connectivity index (χ4n) is 2.28. The van der Waals surface area contributed by atoms with Crippen molar-refractivity contribution in [3.8, 4) is 5.75 Å². The fourth-order valence-corrected chi connectivity index (χ4v) is 2.28. The summed E-state index contributed by atoms with van der Waals surface area (Å²) < 4.78 is 5.55. The smallest absolute Gasteiger partial charge is 0.269 e. The molecule has 2 aromatic carbocycles. The zero-order chi connectivity index (χ0) is 18.2. The molecule has 1 atom stereocenters. The van der Waals surface area contributed by atoms with Crippen molar-refractivity contribution >= 4 is 11.4 Å². The lowest BCUT2D eigenvalue weighted by Gasteiger charge is -2.16. The van der Waals surface area contributed by atoms with E-state index in [0.717, 1.165) is 11.3 Å². The van der Waals surface area contributed by atoms with Gasteiger partial charge in [-0.2, -0.15) is 0 Å². The number of likely N-dealkylation sites (N-methyl/N-ethyl adjacent to an activating group) is 1. The van der Waals surface area contributed by atoms with Crippen LogP contribution in [0.1, 0.15) is 5.56 Å². The van der Waals surface area contributed by atoms with Gasteiger partial charge in [-0.3, -0.25) is 10.1 Å². The van der Waals surface area contributed by atoms with Crippen molar-refractivity contribution in [2.75, 3.05) is 32.6 Å². The first-order valence-electron chi connectivity index (χ1n) is 7.97. The van der Waals surface area contributed by atoms with Gasteiger partial charge in [0.2, 0.25) is 0 Å². The van der Waals surface area contributed by atoms with Crippen LogP contribution in [0, 0.1) is 10.1 Å². The van der Waals surface area contributed by atoms with Gasteiger partial charge < -0.3 is 20.1 Å². The molecule has 0 aliphatic rings.